The number of hydrogen-bond acceptors (Lipinski definition) is 9. The van der Waals surface area contributed by atoms with Crippen LogP contribution in [0.2, 0.25) is 0 Å². The van der Waals surface area contributed by atoms with Gasteiger partial charge in [0.15, 0.2) is 37.2 Å². The topological polar surface area (TPSA) is 69.8 Å². The van der Waals surface area contributed by atoms with E-state index in [2.05, 4.69) is 461 Å². The third-order valence-corrected chi connectivity index (χ3v) is 24.4. The van der Waals surface area contributed by atoms with Gasteiger partial charge in [-0.1, -0.05) is 227 Å². The molecule has 0 amide bonds. The van der Waals surface area contributed by atoms with Crippen molar-refractivity contribution in [3.63, 3.8) is 0 Å². The summed E-state index contributed by atoms with van der Waals surface area (Å²) in [5.74, 6) is 0. The van der Waals surface area contributed by atoms with Gasteiger partial charge in [-0.3, -0.25) is 15.0 Å². The van der Waals surface area contributed by atoms with Gasteiger partial charge in [-0.05, 0) is 235 Å². The maximum Gasteiger partial charge on any atom is 0.169 e. The fraction of sp³-hybridized carbons (Fsp3) is 0.165. The molecule has 0 atom stereocenters. The summed E-state index contributed by atoms with van der Waals surface area (Å²) in [5.41, 5.74) is 28.7. The van der Waals surface area contributed by atoms with E-state index >= 15 is 0 Å². The number of halogens is 5. The van der Waals surface area contributed by atoms with E-state index in [9.17, 15) is 0 Å². The molecular formula is C115H113Br5N12. The quantitative estimate of drug-likeness (QED) is 0.0284. The molecule has 668 valence electrons. The lowest BCUT2D eigenvalue weighted by Gasteiger charge is -2.40. The van der Waals surface area contributed by atoms with Crippen LogP contribution in [0.1, 0.15) is 69.9 Å². The van der Waals surface area contributed by atoms with Crippen LogP contribution in [0.15, 0.2) is 444 Å². The number of alkyl halides is 2. The van der Waals surface area contributed by atoms with Crippen molar-refractivity contribution in [2.24, 2.45) is 0 Å². The molecule has 11 aromatic carbocycles. The summed E-state index contributed by atoms with van der Waals surface area (Å²) in [4.78, 5) is 26.6. The van der Waals surface area contributed by atoms with Crippen LogP contribution in [-0.4, -0.2) is 45.2 Å². The van der Waals surface area contributed by atoms with E-state index in [1.807, 2.05) is 48.8 Å². The first-order chi connectivity index (χ1) is 63.5. The van der Waals surface area contributed by atoms with Gasteiger partial charge in [0, 0.05) is 140 Å². The van der Waals surface area contributed by atoms with E-state index in [1.165, 1.54) is 156 Å². The number of hydrogen-bond donors (Lipinski definition) is 0. The zero-order chi connectivity index (χ0) is 86.9. The Morgan fingerprint density at radius 3 is 0.659 bits per heavy atom. The van der Waals surface area contributed by atoms with Crippen molar-refractivity contribution in [3.8, 4) is 33.4 Å². The summed E-state index contributed by atoms with van der Waals surface area (Å²) in [7, 11) is 0. The number of unbranched alkanes of at least 4 members (excludes halogenated alkanes) is 3. The highest BCUT2D eigenvalue weighted by molar-refractivity contribution is 9.09. The molecule has 17 aromatic rings. The molecule has 6 aromatic heterocycles. The SMILES string of the molecule is BrCCCCN1c2ccccc2N(c2ccccc2)c2ccccc21.BrCCCc1ccccc1.C.[Br-].[Br-].[Br-].c1cc(-c2ccncc2)ccn1.c1ccc(CCC[n+]2ccc(-c3cc[n+](CCCCN4c5ccccc5N(c5ccccc5)c5ccccc54)cc3)cc2)cc1.c1ccc(N2c3ccccc3N(CCCC[n+]3ccc(-c4ccncc4)cc3)c3ccccc32)cc1. The Hall–Kier alpha value is -12.5. The average Bonchev–Trinajstić information content (AvgIpc) is 0.753. The lowest BCUT2D eigenvalue weighted by atomic mass is 10.1. The summed E-state index contributed by atoms with van der Waals surface area (Å²) in [5, 5.41) is 2.15. The molecule has 0 bridgehead atoms. The van der Waals surface area contributed by atoms with Crippen LogP contribution in [-0.2, 0) is 32.5 Å². The second-order valence-electron chi connectivity index (χ2n) is 31.8. The Kier molecular flexibility index (Phi) is 38.8. The first kappa shape index (κ1) is 98.6. The summed E-state index contributed by atoms with van der Waals surface area (Å²) in [6.07, 6.45) is 35.5. The number of aryl methyl sites for hydroxylation is 5. The predicted octanol–water partition coefficient (Wildman–Crippen LogP) is 20.0. The van der Waals surface area contributed by atoms with Gasteiger partial charge in [0.25, 0.3) is 0 Å². The Bertz CT molecular complexity index is 6030. The monoisotopic (exact) mass is 2060 g/mol. The maximum atomic E-state index is 4.11. The molecule has 132 heavy (non-hydrogen) atoms. The number of fused-ring (bicyclic) bond motifs is 6. The molecule has 0 N–H and O–H groups in total. The van der Waals surface area contributed by atoms with E-state index in [0.29, 0.717) is 0 Å². The molecule has 0 spiro atoms. The molecule has 0 unspecified atom stereocenters. The second-order valence-corrected chi connectivity index (χ2v) is 33.3. The Morgan fingerprint density at radius 2 is 0.409 bits per heavy atom. The number of benzene rings is 11. The first-order valence-corrected chi connectivity index (χ1v) is 47.1. The molecule has 17 heteroatoms. The van der Waals surface area contributed by atoms with Crippen LogP contribution in [0.25, 0.3) is 33.4 Å². The van der Waals surface area contributed by atoms with Crippen molar-refractivity contribution in [2.45, 2.75) is 91.3 Å². The van der Waals surface area contributed by atoms with Gasteiger partial charge in [-0.2, -0.15) is 0 Å². The number of para-hydroxylation sites is 15. The third-order valence-electron chi connectivity index (χ3n) is 23.3. The van der Waals surface area contributed by atoms with Crippen molar-refractivity contribution in [2.75, 3.05) is 59.7 Å². The summed E-state index contributed by atoms with van der Waals surface area (Å²) >= 11 is 6.96. The van der Waals surface area contributed by atoms with Gasteiger partial charge < -0.3 is 80.3 Å². The van der Waals surface area contributed by atoms with Crippen LogP contribution >= 0.6 is 31.9 Å². The number of pyridine rings is 6. The maximum absolute atomic E-state index is 4.11. The van der Waals surface area contributed by atoms with Crippen LogP contribution in [0, 0.1) is 0 Å². The van der Waals surface area contributed by atoms with Gasteiger partial charge in [0.2, 0.25) is 0 Å². The molecule has 0 radical (unpaired) electrons. The minimum Gasteiger partial charge on any atom is -1.00 e. The lowest BCUT2D eigenvalue weighted by molar-refractivity contribution is -0.697. The Morgan fingerprint density at radius 1 is 0.205 bits per heavy atom. The lowest BCUT2D eigenvalue weighted by Crippen LogP contribution is -3.00. The second kappa shape index (κ2) is 51.9. The molecule has 20 rings (SSSR count). The molecular weight excluding hydrogens is 1950 g/mol. The van der Waals surface area contributed by atoms with E-state index in [1.54, 1.807) is 24.8 Å². The first-order valence-electron chi connectivity index (χ1n) is 44.8. The van der Waals surface area contributed by atoms with E-state index in [-0.39, 0.29) is 58.4 Å². The summed E-state index contributed by atoms with van der Waals surface area (Å²) < 4.78 is 6.87. The normalized spacial score (nSPS) is 11.5. The van der Waals surface area contributed by atoms with Gasteiger partial charge in [0.05, 0.1) is 68.2 Å². The molecule has 0 saturated carbocycles. The van der Waals surface area contributed by atoms with E-state index in [0.717, 1.165) is 88.5 Å². The molecule has 0 fully saturated rings. The molecule has 0 saturated heterocycles. The van der Waals surface area contributed by atoms with Gasteiger partial charge in [-0.15, -0.1) is 0 Å². The van der Waals surface area contributed by atoms with Crippen molar-refractivity contribution in [1.29, 1.82) is 0 Å². The van der Waals surface area contributed by atoms with Crippen LogP contribution in [0.3, 0.4) is 0 Å². The average molecular weight is 2060 g/mol. The fourth-order valence-electron chi connectivity index (χ4n) is 16.9. The zero-order valence-electron chi connectivity index (χ0n) is 73.6. The van der Waals surface area contributed by atoms with Gasteiger partial charge in [0.1, 0.15) is 19.6 Å². The van der Waals surface area contributed by atoms with Crippen molar-refractivity contribution >= 4 is 117 Å². The van der Waals surface area contributed by atoms with Crippen molar-refractivity contribution < 1.29 is 64.6 Å². The molecule has 3 aliphatic heterocycles. The van der Waals surface area contributed by atoms with Crippen molar-refractivity contribution in [3.05, 3.63) is 456 Å². The van der Waals surface area contributed by atoms with Crippen LogP contribution in [0.5, 0.6) is 0 Å². The third kappa shape index (κ3) is 25.8. The highest BCUT2D eigenvalue weighted by Crippen LogP contribution is 2.54. The molecule has 12 nitrogen and oxygen atoms in total. The van der Waals surface area contributed by atoms with Gasteiger partial charge in [-0.25, -0.2) is 13.7 Å². The Labute approximate surface area is 829 Å². The highest BCUT2D eigenvalue weighted by Gasteiger charge is 2.32. The number of rotatable bonds is 27. The predicted molar refractivity (Wildman–Crippen MR) is 546 cm³/mol. The van der Waals surface area contributed by atoms with Gasteiger partial charge >= 0.3 is 0 Å². The minimum absolute atomic E-state index is 0. The molecule has 3 aliphatic rings. The van der Waals surface area contributed by atoms with Crippen LogP contribution < -0.4 is 94.0 Å². The molecule has 9 heterocycles. The largest absolute Gasteiger partial charge is 1.00 e. The Balaban J connectivity index is 0.000000161. The standard InChI is InChI=1S/C41H40N4.C32H29N4.C22H21BrN2.C10H8N2.C9H11Br.CH4.3BrH/c1-3-14-34(15-4-1)16-13-28-43-32-25-36(26-33-43)35-23-30-42(31-24-35)27-11-12-29-44-38-19-7-9-21-40(38)45(37-17-5-2-6-18-37)41-22-10-8-20-39(41)44;1-2-10-28(11-3-1)36-31-14-6-4-12-29(31)35(30-13-5-7-15-32(30)36)23-9-8-22-34-24-18-27(19-25-34)26-16-20-33-21-17-26;23-16-8-9-17-24-19-12-4-6-14-21(19)25(18-10-2-1-3-11-18)22-15-7-5-13-20(22)24;1-5-11-6-2-9(1)10-3-7-12-8-4-10;10-8-4-7-9-5-2-1-3-6-9;;;;/h1-10,14-15,17-26,30-33H,11-13,16,27-29H2;1-7,10-21,24-25H,8-9,22-23H2;1-7,10-15H,8-9,16-17H2;1-8H;1-3,5-6H,4,7-8H2;1H4;3*1H/q+2;+1;;;;;;;/p-3. The highest BCUT2D eigenvalue weighted by atomic mass is 79.9. The summed E-state index contributed by atoms with van der Waals surface area (Å²) in [6.45, 7) is 6.02. The van der Waals surface area contributed by atoms with E-state index < -0.39 is 0 Å². The zero-order valence-corrected chi connectivity index (χ0v) is 81.6. The number of aromatic nitrogens is 6. The summed E-state index contributed by atoms with van der Waals surface area (Å²) in [6, 6.07) is 131. The van der Waals surface area contributed by atoms with Crippen LogP contribution in [0.4, 0.5) is 85.3 Å². The molecule has 0 aliphatic carbocycles. The van der Waals surface area contributed by atoms with Crippen molar-refractivity contribution in [1.82, 2.24) is 15.0 Å². The fourth-order valence-corrected chi connectivity index (χ4v) is 17.6. The minimum atomic E-state index is 0. The smallest absolute Gasteiger partial charge is 0.169 e. The van der Waals surface area contributed by atoms with E-state index in [4.69, 9.17) is 0 Å². The number of nitrogens with zero attached hydrogens (tertiary/aromatic N) is 12. The number of anilines is 15.